The molecule has 0 amide bonds. The Hall–Kier alpha value is -1.75. The van der Waals surface area contributed by atoms with Gasteiger partial charge in [-0.1, -0.05) is 0 Å². The molecule has 0 aliphatic heterocycles. The van der Waals surface area contributed by atoms with E-state index in [1.807, 2.05) is 24.3 Å². The second kappa shape index (κ2) is 14.5. The molecule has 2 aromatic carbocycles. The van der Waals surface area contributed by atoms with Crippen molar-refractivity contribution < 1.29 is 14.3 Å². The second-order valence-electron chi connectivity index (χ2n) is 8.96. The molecule has 180 valence electrons. The van der Waals surface area contributed by atoms with Crippen LogP contribution in [-0.4, -0.2) is 38.6 Å². The van der Waals surface area contributed by atoms with E-state index < -0.39 is 18.4 Å². The van der Waals surface area contributed by atoms with Crippen molar-refractivity contribution >= 4 is 34.0 Å². The van der Waals surface area contributed by atoms with Crippen molar-refractivity contribution in [2.75, 3.05) is 14.2 Å². The summed E-state index contributed by atoms with van der Waals surface area (Å²) in [6.07, 6.45) is 10.0. The summed E-state index contributed by atoms with van der Waals surface area (Å²) in [5, 5.41) is 0. The van der Waals surface area contributed by atoms with Gasteiger partial charge < -0.3 is 0 Å². The van der Waals surface area contributed by atoms with Crippen molar-refractivity contribution in [2.24, 2.45) is 0 Å². The monoisotopic (exact) mass is 558 g/mol. The van der Waals surface area contributed by atoms with Gasteiger partial charge in [0.25, 0.3) is 0 Å². The fraction of sp³-hybridized carbons (Fsp3) is 0.483. The van der Waals surface area contributed by atoms with Crippen LogP contribution >= 0.6 is 0 Å². The Balaban J connectivity index is 2.72. The first kappa shape index (κ1) is 27.5. The molecule has 0 atom stereocenters. The van der Waals surface area contributed by atoms with E-state index in [1.54, 1.807) is 10.7 Å². The van der Waals surface area contributed by atoms with E-state index in [4.69, 9.17) is 9.47 Å². The number of unbranched alkanes of at least 4 members (excludes halogenated alkanes) is 3. The van der Waals surface area contributed by atoms with Gasteiger partial charge in [-0.05, 0) is 0 Å². The van der Waals surface area contributed by atoms with Crippen LogP contribution in [-0.2, 0) is 4.74 Å². The molecule has 0 bridgehead atoms. The second-order valence-corrected chi connectivity index (χ2v) is 22.1. The molecular formula is C29H42O3Sn. The normalized spacial score (nSPS) is 12.0. The Kier molecular flexibility index (Phi) is 12.1. The summed E-state index contributed by atoms with van der Waals surface area (Å²) in [6.45, 7) is 6.93. The zero-order valence-electron chi connectivity index (χ0n) is 21.3. The molecule has 0 saturated carbocycles. The molecule has 0 aromatic heterocycles. The van der Waals surface area contributed by atoms with Gasteiger partial charge >= 0.3 is 206 Å². The Morgan fingerprint density at radius 3 is 1.79 bits per heavy atom. The summed E-state index contributed by atoms with van der Waals surface area (Å²) >= 11 is -2.79. The number of rotatable bonds is 14. The number of hydrogen-bond donors (Lipinski definition) is 0. The first-order valence-electron chi connectivity index (χ1n) is 12.6. The van der Waals surface area contributed by atoms with Crippen molar-refractivity contribution in [3.05, 3.63) is 65.2 Å². The summed E-state index contributed by atoms with van der Waals surface area (Å²) in [6, 6.07) is 16.5. The fourth-order valence-electron chi connectivity index (χ4n) is 4.71. The predicted molar refractivity (Wildman–Crippen MR) is 144 cm³/mol. The van der Waals surface area contributed by atoms with Crippen LogP contribution in [0.5, 0.6) is 5.75 Å². The quantitative estimate of drug-likeness (QED) is 0.133. The number of para-hydroxylation sites is 1. The van der Waals surface area contributed by atoms with Gasteiger partial charge in [0.15, 0.2) is 0 Å². The van der Waals surface area contributed by atoms with E-state index >= 15 is 0 Å². The van der Waals surface area contributed by atoms with E-state index in [0.29, 0.717) is 5.56 Å². The average Bonchev–Trinajstić information content (AvgIpc) is 2.87. The van der Waals surface area contributed by atoms with Gasteiger partial charge in [0.2, 0.25) is 0 Å². The van der Waals surface area contributed by atoms with Crippen molar-refractivity contribution in [3.63, 3.8) is 0 Å². The van der Waals surface area contributed by atoms with E-state index in [0.717, 1.165) is 11.3 Å². The molecule has 2 rings (SSSR count). The molecule has 3 nitrogen and oxygen atoms in total. The summed E-state index contributed by atoms with van der Waals surface area (Å²) in [5.74, 6) is 0.636. The molecule has 0 fully saturated rings. The summed E-state index contributed by atoms with van der Waals surface area (Å²) in [5.41, 5.74) is 3.03. The minimum absolute atomic E-state index is 0.283. The molecule has 0 aliphatic carbocycles. The van der Waals surface area contributed by atoms with Gasteiger partial charge in [0.05, 0.1) is 0 Å². The Morgan fingerprint density at radius 1 is 0.788 bits per heavy atom. The molecule has 2 aromatic rings. The topological polar surface area (TPSA) is 35.5 Å². The molecule has 0 N–H and O–H groups in total. The van der Waals surface area contributed by atoms with E-state index in [9.17, 15) is 4.79 Å². The maximum absolute atomic E-state index is 12.0. The van der Waals surface area contributed by atoms with Gasteiger partial charge in [-0.15, -0.1) is 0 Å². The van der Waals surface area contributed by atoms with Gasteiger partial charge in [0.1, 0.15) is 0 Å². The van der Waals surface area contributed by atoms with Crippen molar-refractivity contribution in [1.82, 2.24) is 0 Å². The molecule has 0 aliphatic rings. The first-order chi connectivity index (χ1) is 16.0. The molecular weight excluding hydrogens is 515 g/mol. The summed E-state index contributed by atoms with van der Waals surface area (Å²) < 4.78 is 16.4. The standard InChI is InChI=1S/C17H15O3.3C4H9.Sn/c1-19-16-6-4-3-5-14(16)10-7-13-8-11-15(12-9-13)17(18)20-2;3*1-3-4-2;/h3-6,8-12H,1-2H3;3*1,3-4H2,2H3;. The predicted octanol–water partition coefficient (Wildman–Crippen LogP) is 8.41. The van der Waals surface area contributed by atoms with E-state index in [2.05, 4.69) is 51.1 Å². The number of methoxy groups -OCH3 is 2. The summed E-state index contributed by atoms with van der Waals surface area (Å²) in [4.78, 5) is 12.0. The third-order valence-corrected chi connectivity index (χ3v) is 22.4. The van der Waals surface area contributed by atoms with E-state index in [1.165, 1.54) is 64.5 Å². The van der Waals surface area contributed by atoms with Crippen molar-refractivity contribution in [1.29, 1.82) is 0 Å². The Labute approximate surface area is 205 Å². The van der Waals surface area contributed by atoms with Gasteiger partial charge in [-0.2, -0.15) is 0 Å². The van der Waals surface area contributed by atoms with Crippen LogP contribution in [0.15, 0.2) is 48.5 Å². The number of carbonyl (C=O) groups is 1. The number of hydrogen-bond acceptors (Lipinski definition) is 3. The number of ether oxygens (including phenoxy) is 2. The van der Waals surface area contributed by atoms with Gasteiger partial charge in [0, 0.05) is 0 Å². The maximum atomic E-state index is 12.0. The Morgan fingerprint density at radius 2 is 1.30 bits per heavy atom. The van der Waals surface area contributed by atoms with Crippen LogP contribution in [0.4, 0.5) is 0 Å². The molecule has 0 unspecified atom stereocenters. The zero-order valence-corrected chi connectivity index (χ0v) is 24.1. The first-order valence-corrected chi connectivity index (χ1v) is 20.1. The molecule has 0 heterocycles. The van der Waals surface area contributed by atoms with Crippen molar-refractivity contribution in [2.45, 2.75) is 72.6 Å². The van der Waals surface area contributed by atoms with E-state index in [-0.39, 0.29) is 5.97 Å². The third-order valence-electron chi connectivity index (χ3n) is 6.65. The average molecular weight is 557 g/mol. The Bertz CT molecular complexity index is 864. The van der Waals surface area contributed by atoms with Crippen molar-refractivity contribution in [3.8, 4) is 5.75 Å². The molecule has 33 heavy (non-hydrogen) atoms. The molecule has 0 radical (unpaired) electrons. The SMILES string of the molecule is CCC[CH2][Sn]([CH2]CCC)([CH2]CCC)/[C](=C/c1ccccc1OC)c1ccc(C(=O)OC)cc1. The third kappa shape index (κ3) is 7.63. The minimum atomic E-state index is -2.79. The number of carbonyl (C=O) groups excluding carboxylic acids is 1. The van der Waals surface area contributed by atoms with Gasteiger partial charge in [-0.3, -0.25) is 0 Å². The molecule has 0 saturated heterocycles. The van der Waals surface area contributed by atoms with Crippen LogP contribution in [0.1, 0.15) is 80.8 Å². The van der Waals surface area contributed by atoms with Crippen LogP contribution in [0.25, 0.3) is 9.67 Å². The van der Waals surface area contributed by atoms with Crippen LogP contribution in [0.2, 0.25) is 13.3 Å². The zero-order chi connectivity index (χ0) is 24.1. The van der Waals surface area contributed by atoms with Crippen LogP contribution in [0, 0.1) is 0 Å². The van der Waals surface area contributed by atoms with Gasteiger partial charge in [-0.25, -0.2) is 0 Å². The number of benzene rings is 2. The van der Waals surface area contributed by atoms with Crippen LogP contribution in [0.3, 0.4) is 0 Å². The molecule has 0 spiro atoms. The molecule has 4 heteroatoms. The fourth-order valence-corrected chi connectivity index (χ4v) is 21.5. The van der Waals surface area contributed by atoms with Crippen LogP contribution < -0.4 is 4.74 Å². The number of esters is 1. The summed E-state index contributed by atoms with van der Waals surface area (Å²) in [7, 11) is 3.18.